The standard InChI is InChI=1S/C20H27N3O4S/c24-19-6-4-14-23(19)17-7-9-18(10-8-17)28(26,27)22-13-3-5-16(15-22)20(25)21-11-1-2-12-21/h7-10,16H,1-6,11-15H2/t16-/m1/s1. The van der Waals surface area contributed by atoms with Crippen molar-refractivity contribution in [2.75, 3.05) is 37.6 Å². The lowest BCUT2D eigenvalue weighted by atomic mass is 9.98. The van der Waals surface area contributed by atoms with E-state index in [4.69, 9.17) is 0 Å². The van der Waals surface area contributed by atoms with Crippen LogP contribution in [0.15, 0.2) is 29.2 Å². The zero-order chi connectivity index (χ0) is 19.7. The summed E-state index contributed by atoms with van der Waals surface area (Å²) in [6.45, 7) is 2.96. The van der Waals surface area contributed by atoms with E-state index in [1.54, 1.807) is 29.2 Å². The Morgan fingerprint density at radius 3 is 2.29 bits per heavy atom. The molecule has 3 aliphatic rings. The minimum atomic E-state index is -3.65. The summed E-state index contributed by atoms with van der Waals surface area (Å²) in [5.74, 6) is -0.0710. The smallest absolute Gasteiger partial charge is 0.243 e. The maximum absolute atomic E-state index is 13.1. The minimum Gasteiger partial charge on any atom is -0.342 e. The first-order valence-electron chi connectivity index (χ1n) is 10.2. The van der Waals surface area contributed by atoms with E-state index in [0.29, 0.717) is 25.9 Å². The van der Waals surface area contributed by atoms with Crippen LogP contribution in [-0.2, 0) is 19.6 Å². The number of hydrogen-bond donors (Lipinski definition) is 0. The molecule has 2 amide bonds. The van der Waals surface area contributed by atoms with E-state index in [9.17, 15) is 18.0 Å². The highest BCUT2D eigenvalue weighted by atomic mass is 32.2. The molecule has 0 bridgehead atoms. The van der Waals surface area contributed by atoms with Crippen molar-refractivity contribution in [3.63, 3.8) is 0 Å². The number of nitrogens with zero attached hydrogens (tertiary/aromatic N) is 3. The molecule has 0 radical (unpaired) electrons. The Balaban J connectivity index is 1.47. The normalized spacial score (nSPS) is 24.1. The number of likely N-dealkylation sites (tertiary alicyclic amines) is 1. The fourth-order valence-corrected chi connectivity index (χ4v) is 5.95. The van der Waals surface area contributed by atoms with Gasteiger partial charge in [0, 0.05) is 44.8 Å². The average Bonchev–Trinajstić information content (AvgIpc) is 3.39. The largest absolute Gasteiger partial charge is 0.342 e. The maximum Gasteiger partial charge on any atom is 0.243 e. The van der Waals surface area contributed by atoms with Crippen LogP contribution in [0.5, 0.6) is 0 Å². The molecule has 0 saturated carbocycles. The lowest BCUT2D eigenvalue weighted by Crippen LogP contribution is -2.46. The number of carbonyl (C=O) groups excluding carboxylic acids is 2. The van der Waals surface area contributed by atoms with Crippen LogP contribution in [0.3, 0.4) is 0 Å². The van der Waals surface area contributed by atoms with Crippen LogP contribution in [0.4, 0.5) is 5.69 Å². The second-order valence-corrected chi connectivity index (χ2v) is 9.82. The zero-order valence-electron chi connectivity index (χ0n) is 16.0. The summed E-state index contributed by atoms with van der Waals surface area (Å²) < 4.78 is 27.6. The van der Waals surface area contributed by atoms with Gasteiger partial charge in [-0.15, -0.1) is 0 Å². The van der Waals surface area contributed by atoms with E-state index < -0.39 is 10.0 Å². The van der Waals surface area contributed by atoms with E-state index in [0.717, 1.165) is 44.5 Å². The van der Waals surface area contributed by atoms with Gasteiger partial charge in [0.2, 0.25) is 21.8 Å². The summed E-state index contributed by atoms with van der Waals surface area (Å²) in [5, 5.41) is 0. The highest BCUT2D eigenvalue weighted by Gasteiger charge is 2.35. The fourth-order valence-electron chi connectivity index (χ4n) is 4.43. The van der Waals surface area contributed by atoms with E-state index in [1.165, 1.54) is 4.31 Å². The first kappa shape index (κ1) is 19.4. The number of benzene rings is 1. The van der Waals surface area contributed by atoms with Crippen molar-refractivity contribution in [1.29, 1.82) is 0 Å². The summed E-state index contributed by atoms with van der Waals surface area (Å²) in [5.41, 5.74) is 0.738. The van der Waals surface area contributed by atoms with Gasteiger partial charge in [-0.3, -0.25) is 9.59 Å². The Labute approximate surface area is 166 Å². The lowest BCUT2D eigenvalue weighted by Gasteiger charge is -2.33. The fraction of sp³-hybridized carbons (Fsp3) is 0.600. The highest BCUT2D eigenvalue weighted by Crippen LogP contribution is 2.28. The van der Waals surface area contributed by atoms with Crippen LogP contribution in [0, 0.1) is 5.92 Å². The van der Waals surface area contributed by atoms with Gasteiger partial charge in [0.1, 0.15) is 0 Å². The van der Waals surface area contributed by atoms with Gasteiger partial charge in [0.25, 0.3) is 0 Å². The van der Waals surface area contributed by atoms with Gasteiger partial charge in [-0.05, 0) is 56.4 Å². The first-order valence-corrected chi connectivity index (χ1v) is 11.6. The molecule has 0 unspecified atom stereocenters. The van der Waals surface area contributed by atoms with Crippen LogP contribution in [0.25, 0.3) is 0 Å². The van der Waals surface area contributed by atoms with Crippen LogP contribution >= 0.6 is 0 Å². The molecule has 3 saturated heterocycles. The quantitative estimate of drug-likeness (QED) is 0.766. The van der Waals surface area contributed by atoms with Gasteiger partial charge >= 0.3 is 0 Å². The average molecular weight is 406 g/mol. The Morgan fingerprint density at radius 2 is 1.64 bits per heavy atom. The molecule has 7 nitrogen and oxygen atoms in total. The third-order valence-corrected chi connectivity index (χ3v) is 7.89. The maximum atomic E-state index is 13.1. The Morgan fingerprint density at radius 1 is 0.929 bits per heavy atom. The molecule has 0 N–H and O–H groups in total. The molecule has 28 heavy (non-hydrogen) atoms. The first-order chi connectivity index (χ1) is 13.5. The highest BCUT2D eigenvalue weighted by molar-refractivity contribution is 7.89. The van der Waals surface area contributed by atoms with E-state index in [-0.39, 0.29) is 29.2 Å². The number of rotatable bonds is 4. The van der Waals surface area contributed by atoms with Crippen molar-refractivity contribution >= 4 is 27.5 Å². The van der Waals surface area contributed by atoms with Gasteiger partial charge in [0.05, 0.1) is 10.8 Å². The molecule has 3 aliphatic heterocycles. The molecular weight excluding hydrogens is 378 g/mol. The SMILES string of the molecule is O=C([C@@H]1CCCN(S(=O)(=O)c2ccc(N3CCCC3=O)cc2)C1)N1CCCC1. The molecular formula is C20H27N3O4S. The van der Waals surface area contributed by atoms with Gasteiger partial charge in [-0.25, -0.2) is 8.42 Å². The molecule has 0 aliphatic carbocycles. The van der Waals surface area contributed by atoms with Crippen LogP contribution in [-0.4, -0.2) is 62.2 Å². The number of hydrogen-bond acceptors (Lipinski definition) is 4. The van der Waals surface area contributed by atoms with Crippen molar-refractivity contribution in [3.8, 4) is 0 Å². The summed E-state index contributed by atoms with van der Waals surface area (Å²) in [7, 11) is -3.65. The predicted octanol–water partition coefficient (Wildman–Crippen LogP) is 1.84. The second-order valence-electron chi connectivity index (χ2n) is 7.88. The number of sulfonamides is 1. The minimum absolute atomic E-state index is 0.0786. The van der Waals surface area contributed by atoms with Crippen molar-refractivity contribution in [2.45, 2.75) is 43.4 Å². The van der Waals surface area contributed by atoms with Crippen LogP contribution in [0.2, 0.25) is 0 Å². The Hall–Kier alpha value is -1.93. The van der Waals surface area contributed by atoms with Crippen molar-refractivity contribution in [1.82, 2.24) is 9.21 Å². The number of piperidine rings is 1. The summed E-state index contributed by atoms with van der Waals surface area (Å²) >= 11 is 0. The second kappa shape index (κ2) is 7.83. The van der Waals surface area contributed by atoms with Crippen molar-refractivity contribution in [2.24, 2.45) is 5.92 Å². The molecule has 0 aromatic heterocycles. The van der Waals surface area contributed by atoms with E-state index in [1.807, 2.05) is 4.90 Å². The van der Waals surface area contributed by atoms with Crippen molar-refractivity contribution < 1.29 is 18.0 Å². The zero-order valence-corrected chi connectivity index (χ0v) is 16.9. The van der Waals surface area contributed by atoms with Crippen LogP contribution in [0.1, 0.15) is 38.5 Å². The molecule has 3 heterocycles. The third kappa shape index (κ3) is 3.67. The van der Waals surface area contributed by atoms with Gasteiger partial charge < -0.3 is 9.80 Å². The summed E-state index contributed by atoms with van der Waals surface area (Å²) in [6.07, 6.45) is 4.89. The predicted molar refractivity (Wildman–Crippen MR) is 105 cm³/mol. The molecule has 1 atom stereocenters. The molecule has 3 fully saturated rings. The monoisotopic (exact) mass is 405 g/mol. The van der Waals surface area contributed by atoms with Crippen molar-refractivity contribution in [3.05, 3.63) is 24.3 Å². The number of amides is 2. The molecule has 4 rings (SSSR count). The third-order valence-electron chi connectivity index (χ3n) is 6.01. The Kier molecular flexibility index (Phi) is 5.42. The molecule has 152 valence electrons. The molecule has 1 aromatic carbocycles. The molecule has 1 aromatic rings. The van der Waals surface area contributed by atoms with E-state index >= 15 is 0 Å². The summed E-state index contributed by atoms with van der Waals surface area (Å²) in [4.78, 5) is 28.4. The topological polar surface area (TPSA) is 78.0 Å². The Bertz CT molecular complexity index is 847. The molecule has 0 spiro atoms. The van der Waals surface area contributed by atoms with Crippen LogP contribution < -0.4 is 4.90 Å². The number of anilines is 1. The van der Waals surface area contributed by atoms with Gasteiger partial charge in [-0.2, -0.15) is 4.31 Å². The van der Waals surface area contributed by atoms with Gasteiger partial charge in [-0.1, -0.05) is 0 Å². The lowest BCUT2D eigenvalue weighted by molar-refractivity contribution is -0.135. The summed E-state index contributed by atoms with van der Waals surface area (Å²) in [6, 6.07) is 6.55. The van der Waals surface area contributed by atoms with E-state index in [2.05, 4.69) is 0 Å². The molecule has 8 heteroatoms. The van der Waals surface area contributed by atoms with Gasteiger partial charge in [0.15, 0.2) is 0 Å². The number of carbonyl (C=O) groups is 2.